The van der Waals surface area contributed by atoms with Crippen LogP contribution in [-0.4, -0.2) is 34.8 Å². The van der Waals surface area contributed by atoms with Crippen LogP contribution in [0.25, 0.3) is 0 Å². The highest BCUT2D eigenvalue weighted by atomic mass is 35.5. The Morgan fingerprint density at radius 2 is 2.25 bits per heavy atom. The van der Waals surface area contributed by atoms with Gasteiger partial charge in [0.15, 0.2) is 0 Å². The Labute approximate surface area is 125 Å². The number of rotatable bonds is 4. The molecule has 2 aliphatic rings. The average molecular weight is 293 g/mol. The fourth-order valence-electron chi connectivity index (χ4n) is 3.86. The van der Waals surface area contributed by atoms with Crippen molar-refractivity contribution in [1.82, 2.24) is 9.88 Å². The average Bonchev–Trinajstić information content (AvgIpc) is 3.02. The number of carbonyl (C=O) groups excluding carboxylic acids is 1. The maximum atomic E-state index is 12.0. The molecule has 1 saturated heterocycles. The second kappa shape index (κ2) is 6.13. The molecule has 4 heteroatoms. The van der Waals surface area contributed by atoms with Crippen molar-refractivity contribution in [2.45, 2.75) is 25.7 Å². The summed E-state index contributed by atoms with van der Waals surface area (Å²) in [6, 6.07) is 6.13. The Bertz CT molecular complexity index is 465. The summed E-state index contributed by atoms with van der Waals surface area (Å²) in [6.45, 7) is 1.87. The third-order valence-corrected chi connectivity index (χ3v) is 5.05. The van der Waals surface area contributed by atoms with Crippen LogP contribution in [0.2, 0.25) is 0 Å². The second-order valence-corrected chi connectivity index (χ2v) is 6.40. The van der Waals surface area contributed by atoms with Crippen LogP contribution in [0.4, 0.5) is 0 Å². The van der Waals surface area contributed by atoms with Gasteiger partial charge in [-0.2, -0.15) is 0 Å². The van der Waals surface area contributed by atoms with E-state index >= 15 is 0 Å². The third-order valence-electron chi connectivity index (χ3n) is 4.86. The number of carbonyl (C=O) groups is 1. The van der Waals surface area contributed by atoms with Crippen molar-refractivity contribution in [3.05, 3.63) is 30.1 Å². The number of aromatic nitrogens is 1. The topological polar surface area (TPSA) is 33.2 Å². The molecule has 0 N–H and O–H groups in total. The van der Waals surface area contributed by atoms with E-state index < -0.39 is 0 Å². The first-order valence-electron chi connectivity index (χ1n) is 7.51. The van der Waals surface area contributed by atoms with Crippen LogP contribution in [0.3, 0.4) is 0 Å². The van der Waals surface area contributed by atoms with Crippen LogP contribution < -0.4 is 0 Å². The molecule has 0 unspecified atom stereocenters. The lowest BCUT2D eigenvalue weighted by molar-refractivity contribution is -0.130. The van der Waals surface area contributed by atoms with Crippen LogP contribution in [0.1, 0.15) is 25.0 Å². The Balaban J connectivity index is 1.61. The van der Waals surface area contributed by atoms with Crippen molar-refractivity contribution in [2.75, 3.05) is 19.0 Å². The van der Waals surface area contributed by atoms with Gasteiger partial charge in [-0.1, -0.05) is 6.07 Å². The molecule has 108 valence electrons. The minimum absolute atomic E-state index is 0.228. The van der Waals surface area contributed by atoms with Crippen molar-refractivity contribution in [3.8, 4) is 0 Å². The van der Waals surface area contributed by atoms with Gasteiger partial charge in [0, 0.05) is 37.3 Å². The number of hydrogen-bond donors (Lipinski definition) is 0. The van der Waals surface area contributed by atoms with E-state index in [0.29, 0.717) is 30.1 Å². The van der Waals surface area contributed by atoms with E-state index in [1.165, 1.54) is 18.5 Å². The molecule has 0 bridgehead atoms. The molecule has 1 amide bonds. The van der Waals surface area contributed by atoms with Gasteiger partial charge in [0.25, 0.3) is 0 Å². The van der Waals surface area contributed by atoms with Crippen LogP contribution in [0.15, 0.2) is 24.4 Å². The molecule has 1 saturated carbocycles. The van der Waals surface area contributed by atoms with Gasteiger partial charge in [0.1, 0.15) is 0 Å². The second-order valence-electron chi connectivity index (χ2n) is 6.02. The smallest absolute Gasteiger partial charge is 0.223 e. The lowest BCUT2D eigenvalue weighted by atomic mass is 9.89. The molecule has 1 aliphatic heterocycles. The van der Waals surface area contributed by atoms with Gasteiger partial charge in [-0.25, -0.2) is 0 Å². The van der Waals surface area contributed by atoms with Gasteiger partial charge in [-0.05, 0) is 49.1 Å². The van der Waals surface area contributed by atoms with E-state index in [-0.39, 0.29) is 5.91 Å². The largest absolute Gasteiger partial charge is 0.342 e. The number of likely N-dealkylation sites (tertiary alicyclic amines) is 1. The minimum Gasteiger partial charge on any atom is -0.342 e. The molecular formula is C16H21ClN2O. The van der Waals surface area contributed by atoms with E-state index in [9.17, 15) is 4.79 Å². The molecule has 3 nitrogen and oxygen atoms in total. The zero-order valence-electron chi connectivity index (χ0n) is 11.7. The van der Waals surface area contributed by atoms with E-state index in [1.54, 1.807) is 0 Å². The first kappa shape index (κ1) is 13.9. The summed E-state index contributed by atoms with van der Waals surface area (Å²) >= 11 is 5.68. The Kier molecular flexibility index (Phi) is 4.25. The summed E-state index contributed by atoms with van der Waals surface area (Å²) in [5, 5.41) is 0. The molecule has 1 aromatic rings. The molecule has 1 aliphatic carbocycles. The molecule has 2 heterocycles. The highest BCUT2D eigenvalue weighted by Crippen LogP contribution is 2.43. The maximum absolute atomic E-state index is 12.0. The summed E-state index contributed by atoms with van der Waals surface area (Å²) in [4.78, 5) is 18.4. The zero-order valence-corrected chi connectivity index (χ0v) is 12.4. The lowest BCUT2D eigenvalue weighted by Gasteiger charge is -2.20. The van der Waals surface area contributed by atoms with Crippen LogP contribution >= 0.6 is 11.6 Å². The number of alkyl halides is 1. The van der Waals surface area contributed by atoms with Gasteiger partial charge in [0.05, 0.1) is 0 Å². The standard InChI is InChI=1S/C16H21ClN2O/c17-7-6-16(20)19-10-13-5-4-12(15(13)11-19)9-14-3-1-2-8-18-14/h1-3,8,12-13,15H,4-7,9-11H2/t12-,13-,15-/m1/s1. The maximum Gasteiger partial charge on any atom is 0.223 e. The number of amides is 1. The van der Waals surface area contributed by atoms with Crippen molar-refractivity contribution < 1.29 is 4.79 Å². The van der Waals surface area contributed by atoms with Gasteiger partial charge in [-0.3, -0.25) is 9.78 Å². The monoisotopic (exact) mass is 292 g/mol. The molecule has 3 atom stereocenters. The minimum atomic E-state index is 0.228. The quantitative estimate of drug-likeness (QED) is 0.800. The summed E-state index contributed by atoms with van der Waals surface area (Å²) < 4.78 is 0. The number of pyridine rings is 1. The third kappa shape index (κ3) is 2.83. The Morgan fingerprint density at radius 1 is 1.35 bits per heavy atom. The normalized spacial score (nSPS) is 28.6. The Hall–Kier alpha value is -1.09. The zero-order chi connectivity index (χ0) is 13.9. The highest BCUT2D eigenvalue weighted by Gasteiger charge is 2.43. The summed E-state index contributed by atoms with van der Waals surface area (Å²) in [5.74, 6) is 2.70. The molecule has 0 radical (unpaired) electrons. The van der Waals surface area contributed by atoms with E-state index in [4.69, 9.17) is 11.6 Å². The lowest BCUT2D eigenvalue weighted by Crippen LogP contribution is -2.30. The van der Waals surface area contributed by atoms with Gasteiger partial charge in [0.2, 0.25) is 5.91 Å². The summed E-state index contributed by atoms with van der Waals surface area (Å²) in [6.07, 6.45) is 5.94. The fraction of sp³-hybridized carbons (Fsp3) is 0.625. The first-order valence-corrected chi connectivity index (χ1v) is 8.05. The predicted molar refractivity (Wildman–Crippen MR) is 79.6 cm³/mol. The van der Waals surface area contributed by atoms with E-state index in [1.807, 2.05) is 17.2 Å². The van der Waals surface area contributed by atoms with Crippen LogP contribution in [-0.2, 0) is 11.2 Å². The van der Waals surface area contributed by atoms with E-state index in [0.717, 1.165) is 19.5 Å². The van der Waals surface area contributed by atoms with Crippen LogP contribution in [0.5, 0.6) is 0 Å². The molecule has 20 heavy (non-hydrogen) atoms. The number of hydrogen-bond acceptors (Lipinski definition) is 2. The number of fused-ring (bicyclic) bond motifs is 1. The van der Waals surface area contributed by atoms with E-state index in [2.05, 4.69) is 17.1 Å². The van der Waals surface area contributed by atoms with Gasteiger partial charge in [-0.15, -0.1) is 11.6 Å². The SMILES string of the molecule is O=C(CCCl)N1C[C@H]2CC[C@H](Cc3ccccn3)[C@H]2C1. The predicted octanol–water partition coefficient (Wildman–Crippen LogP) is 2.74. The molecule has 3 rings (SSSR count). The first-order chi connectivity index (χ1) is 9.78. The van der Waals surface area contributed by atoms with Crippen molar-refractivity contribution in [2.24, 2.45) is 17.8 Å². The number of nitrogens with zero attached hydrogens (tertiary/aromatic N) is 2. The molecule has 1 aromatic heterocycles. The van der Waals surface area contributed by atoms with Gasteiger partial charge < -0.3 is 4.90 Å². The van der Waals surface area contributed by atoms with Crippen LogP contribution in [0, 0.1) is 17.8 Å². The van der Waals surface area contributed by atoms with Crippen molar-refractivity contribution >= 4 is 17.5 Å². The molecule has 0 aromatic carbocycles. The highest BCUT2D eigenvalue weighted by molar-refractivity contribution is 6.18. The van der Waals surface area contributed by atoms with Crippen molar-refractivity contribution in [1.29, 1.82) is 0 Å². The molecular weight excluding hydrogens is 272 g/mol. The Morgan fingerprint density at radius 3 is 3.00 bits per heavy atom. The summed E-state index contributed by atoms with van der Waals surface area (Å²) in [5.41, 5.74) is 1.18. The van der Waals surface area contributed by atoms with Gasteiger partial charge >= 0.3 is 0 Å². The molecule has 2 fully saturated rings. The molecule has 0 spiro atoms. The number of halogens is 1. The van der Waals surface area contributed by atoms with Crippen molar-refractivity contribution in [3.63, 3.8) is 0 Å². The fourth-order valence-corrected chi connectivity index (χ4v) is 4.02. The summed E-state index contributed by atoms with van der Waals surface area (Å²) in [7, 11) is 0.